The van der Waals surface area contributed by atoms with E-state index in [4.69, 9.17) is 14.2 Å². The van der Waals surface area contributed by atoms with Gasteiger partial charge in [0.15, 0.2) is 5.54 Å². The average molecular weight is 744 g/mol. The van der Waals surface area contributed by atoms with Crippen molar-refractivity contribution in [1.82, 2.24) is 25.0 Å². The first-order chi connectivity index (χ1) is 25.4. The second-order valence-corrected chi connectivity index (χ2v) is 16.3. The second kappa shape index (κ2) is 13.8. The Bertz CT molecular complexity index is 2060. The predicted molar refractivity (Wildman–Crippen MR) is 195 cm³/mol. The summed E-state index contributed by atoms with van der Waals surface area (Å²) in [6.45, 7) is 11.4. The largest absolute Gasteiger partial charge is 0.497 e. The van der Waals surface area contributed by atoms with Crippen LogP contribution in [0.1, 0.15) is 50.3 Å². The number of sulfonamides is 1. The molecular weight excluding hydrogens is 699 g/mol. The lowest BCUT2D eigenvalue weighted by molar-refractivity contribution is -0.124. The van der Waals surface area contributed by atoms with Gasteiger partial charge in [-0.1, -0.05) is 0 Å². The molecular formula is C38H45N7O7S. The van der Waals surface area contributed by atoms with E-state index in [2.05, 4.69) is 40.0 Å². The number of piperidine rings is 1. The van der Waals surface area contributed by atoms with E-state index < -0.39 is 27.5 Å². The normalized spacial score (nSPS) is 21.5. The number of pyridine rings is 1. The van der Waals surface area contributed by atoms with E-state index in [0.717, 1.165) is 39.0 Å². The zero-order chi connectivity index (χ0) is 37.7. The van der Waals surface area contributed by atoms with E-state index in [-0.39, 0.29) is 50.9 Å². The molecule has 0 radical (unpaired) electrons. The highest BCUT2D eigenvalue weighted by atomic mass is 32.2. The van der Waals surface area contributed by atoms with E-state index in [9.17, 15) is 18.5 Å². The summed E-state index contributed by atoms with van der Waals surface area (Å²) in [6.07, 6.45) is 3.74. The molecule has 5 heterocycles. The number of likely N-dealkylation sites (tertiary alicyclic amines) is 3. The first kappa shape index (κ1) is 36.4. The summed E-state index contributed by atoms with van der Waals surface area (Å²) < 4.78 is 46.6. The number of anilines is 1. The number of methoxy groups -OCH3 is 2. The van der Waals surface area contributed by atoms with Crippen LogP contribution < -0.4 is 23.8 Å². The van der Waals surface area contributed by atoms with Crippen LogP contribution in [0, 0.1) is 16.7 Å². The summed E-state index contributed by atoms with van der Waals surface area (Å²) in [5.41, 5.74) is -1.81. The molecule has 0 saturated carbocycles. The Hall–Kier alpha value is -4.91. The molecule has 1 spiro atoms. The molecule has 3 saturated heterocycles. The minimum absolute atomic E-state index is 0.0308. The number of nitriles is 1. The van der Waals surface area contributed by atoms with Crippen LogP contribution >= 0.6 is 0 Å². The Morgan fingerprint density at radius 3 is 2.42 bits per heavy atom. The van der Waals surface area contributed by atoms with E-state index in [0.29, 0.717) is 35.2 Å². The number of carbonyl (C=O) groups is 2. The Kier molecular flexibility index (Phi) is 9.50. The van der Waals surface area contributed by atoms with Crippen LogP contribution in [0.2, 0.25) is 0 Å². The molecule has 7 rings (SSSR count). The summed E-state index contributed by atoms with van der Waals surface area (Å²) in [4.78, 5) is 40.3. The first-order valence-corrected chi connectivity index (χ1v) is 19.3. The van der Waals surface area contributed by atoms with Gasteiger partial charge in [0.2, 0.25) is 5.88 Å². The summed E-state index contributed by atoms with van der Waals surface area (Å²) >= 11 is 0. The minimum Gasteiger partial charge on any atom is -0.497 e. The van der Waals surface area contributed by atoms with Crippen molar-refractivity contribution < 1.29 is 32.2 Å². The lowest BCUT2D eigenvalue weighted by Crippen LogP contribution is -2.76. The monoisotopic (exact) mass is 743 g/mol. The van der Waals surface area contributed by atoms with Crippen LogP contribution in [0.4, 0.5) is 10.5 Å². The molecule has 4 aliphatic heterocycles. The van der Waals surface area contributed by atoms with Gasteiger partial charge in [-0.15, -0.1) is 0 Å². The number of ether oxygens (including phenoxy) is 3. The molecule has 0 aliphatic carbocycles. The predicted octanol–water partition coefficient (Wildman–Crippen LogP) is 3.55. The van der Waals surface area contributed by atoms with Gasteiger partial charge in [0.05, 0.1) is 43.7 Å². The molecule has 14 nitrogen and oxygen atoms in total. The molecule has 53 heavy (non-hydrogen) atoms. The lowest BCUT2D eigenvalue weighted by atomic mass is 9.71. The topological polar surface area (TPSA) is 158 Å². The number of aromatic nitrogens is 1. The third-order valence-corrected chi connectivity index (χ3v) is 12.8. The molecule has 0 unspecified atom stereocenters. The van der Waals surface area contributed by atoms with Crippen LogP contribution in [-0.4, -0.2) is 112 Å². The number of benzene rings is 2. The third-order valence-electron chi connectivity index (χ3n) is 11.1. The molecule has 280 valence electrons. The van der Waals surface area contributed by atoms with Crippen LogP contribution in [0.15, 0.2) is 59.6 Å². The van der Waals surface area contributed by atoms with Crippen molar-refractivity contribution in [3.8, 4) is 23.4 Å². The van der Waals surface area contributed by atoms with Gasteiger partial charge in [-0.2, -0.15) is 9.57 Å². The summed E-state index contributed by atoms with van der Waals surface area (Å²) in [7, 11) is -1.94. The van der Waals surface area contributed by atoms with Crippen molar-refractivity contribution in [2.75, 3.05) is 64.4 Å². The first-order valence-electron chi connectivity index (χ1n) is 17.9. The number of carbonyl (C=O) groups excluding carboxylic acids is 2. The van der Waals surface area contributed by atoms with Crippen molar-refractivity contribution in [3.05, 3.63) is 71.4 Å². The number of urea groups is 1. The number of hydrogen-bond acceptors (Lipinski definition) is 11. The lowest BCUT2D eigenvalue weighted by Gasteiger charge is -2.62. The third kappa shape index (κ3) is 6.02. The minimum atomic E-state index is -4.69. The number of amides is 3. The fraction of sp³-hybridized carbons (Fsp3) is 0.474. The number of rotatable bonds is 10. The number of hydrogen-bond donors (Lipinski definition) is 1. The smallest absolute Gasteiger partial charge is 0.318 e. The fourth-order valence-electron chi connectivity index (χ4n) is 8.35. The zero-order valence-electron chi connectivity index (χ0n) is 30.7. The Balaban J connectivity index is 1.24. The Labute approximate surface area is 310 Å². The summed E-state index contributed by atoms with van der Waals surface area (Å²) in [6, 6.07) is 14.2. The van der Waals surface area contributed by atoms with Gasteiger partial charge < -0.3 is 29.3 Å². The molecule has 1 aromatic heterocycles. The van der Waals surface area contributed by atoms with E-state index >= 15 is 4.79 Å². The highest BCUT2D eigenvalue weighted by Gasteiger charge is 2.61. The second-order valence-electron chi connectivity index (χ2n) is 14.5. The summed E-state index contributed by atoms with van der Waals surface area (Å²) in [5, 5.41) is 12.9. The van der Waals surface area contributed by atoms with Gasteiger partial charge in [-0.3, -0.25) is 9.69 Å². The van der Waals surface area contributed by atoms with Crippen molar-refractivity contribution in [2.24, 2.45) is 5.41 Å². The van der Waals surface area contributed by atoms with E-state index in [1.54, 1.807) is 24.0 Å². The average Bonchev–Trinajstić information content (AvgIpc) is 3.37. The van der Waals surface area contributed by atoms with Gasteiger partial charge in [0.25, 0.3) is 15.9 Å². The number of nitrogens with zero attached hydrogens (tertiary/aromatic N) is 6. The molecule has 3 amide bonds. The molecule has 2 aromatic carbocycles. The maximum atomic E-state index is 15.2. The molecule has 0 bridgehead atoms. The molecule has 1 N–H and O–H groups in total. The van der Waals surface area contributed by atoms with Gasteiger partial charge in [-0.25, -0.2) is 18.2 Å². The van der Waals surface area contributed by atoms with Crippen molar-refractivity contribution in [1.29, 1.82) is 5.26 Å². The van der Waals surface area contributed by atoms with Crippen LogP contribution in [0.3, 0.4) is 0 Å². The van der Waals surface area contributed by atoms with Gasteiger partial charge >= 0.3 is 6.03 Å². The van der Waals surface area contributed by atoms with E-state index in [1.165, 1.54) is 56.8 Å². The van der Waals surface area contributed by atoms with Crippen molar-refractivity contribution >= 4 is 27.6 Å². The highest BCUT2D eigenvalue weighted by molar-refractivity contribution is 7.93. The van der Waals surface area contributed by atoms with Gasteiger partial charge in [-0.05, 0) is 89.2 Å². The number of nitrogens with one attached hydrogen (secondary N) is 1. The fourth-order valence-corrected chi connectivity index (χ4v) is 9.96. The van der Waals surface area contributed by atoms with Crippen LogP contribution in [0.25, 0.3) is 0 Å². The Morgan fingerprint density at radius 1 is 1.04 bits per heavy atom. The number of fused-ring (bicyclic) bond motifs is 1. The molecule has 3 fully saturated rings. The van der Waals surface area contributed by atoms with Crippen molar-refractivity contribution in [3.63, 3.8) is 0 Å². The molecule has 3 aromatic rings. The zero-order valence-corrected chi connectivity index (χ0v) is 31.5. The SMILES string of the molecule is CCOc1ncccc1[C@]1(NC(=O)N2CC3(C2)CN(C2CCN(C(C)C)CC2)C3)C(=O)N(S(=O)(=O)c2ccc(OC)cc2OC)c2ccc(C#N)cc21. The molecule has 4 aliphatic rings. The van der Waals surface area contributed by atoms with Crippen molar-refractivity contribution in [2.45, 2.75) is 56.1 Å². The maximum Gasteiger partial charge on any atom is 0.318 e. The highest BCUT2D eigenvalue weighted by Crippen LogP contribution is 2.50. The quantitative estimate of drug-likeness (QED) is 0.324. The van der Waals surface area contributed by atoms with Crippen LogP contribution in [-0.2, 0) is 20.4 Å². The molecule has 15 heteroatoms. The van der Waals surface area contributed by atoms with Gasteiger partial charge in [0, 0.05) is 61.5 Å². The maximum absolute atomic E-state index is 15.2. The summed E-state index contributed by atoms with van der Waals surface area (Å²) in [5.74, 6) is -0.641. The van der Waals surface area contributed by atoms with Crippen LogP contribution in [0.5, 0.6) is 17.4 Å². The van der Waals surface area contributed by atoms with Gasteiger partial charge in [0.1, 0.15) is 16.4 Å². The Morgan fingerprint density at radius 2 is 1.77 bits per heavy atom. The standard InChI is InChI=1S/C38H45N7O7S/c1-6-52-34-29(8-7-15-40-34)38(41-36(47)44-23-37(24-44)21-43(22-37)27-13-16-42(17-14-27)25(2)3)30-18-26(20-39)9-11-31(30)45(35(38)46)53(48,49)33-12-10-28(50-4)19-32(33)51-5/h7-12,15,18-19,25,27H,6,13-14,16-17,21-24H2,1-5H3,(H,41,47)/t38-/m1/s1. The molecule has 1 atom stereocenters. The van der Waals surface area contributed by atoms with E-state index in [1.807, 2.05) is 0 Å².